The van der Waals surface area contributed by atoms with Gasteiger partial charge in [-0.05, 0) is 30.6 Å². The molecule has 0 aliphatic carbocycles. The summed E-state index contributed by atoms with van der Waals surface area (Å²) in [4.78, 5) is 17.4. The standard InChI is InChI=1S/C29H19N6O.Pt/c1-33-19-34(29-28(33)31-15-16-32-29)20-7-6-8-21(17-20)36-22-12-13-24-23-9-2-3-10-25(23)35(26(24)18-22)27-11-4-5-14-30-27;/h2-16,19H,1H3;/q-3;. The normalized spacial score (nSPS) is 12.6. The summed E-state index contributed by atoms with van der Waals surface area (Å²) in [5, 5.41) is 2.23. The summed E-state index contributed by atoms with van der Waals surface area (Å²) in [7, 11) is 1.94. The van der Waals surface area contributed by atoms with Gasteiger partial charge in [-0.25, -0.2) is 15.0 Å². The van der Waals surface area contributed by atoms with Gasteiger partial charge < -0.3 is 19.1 Å². The van der Waals surface area contributed by atoms with Crippen molar-refractivity contribution in [2.45, 2.75) is 0 Å². The van der Waals surface area contributed by atoms with E-state index in [1.165, 1.54) is 0 Å². The van der Waals surface area contributed by atoms with Gasteiger partial charge in [-0.1, -0.05) is 35.5 Å². The van der Waals surface area contributed by atoms with Gasteiger partial charge >= 0.3 is 0 Å². The maximum absolute atomic E-state index is 6.25. The number of ether oxygens (including phenoxy) is 1. The summed E-state index contributed by atoms with van der Waals surface area (Å²) in [6.07, 6.45) is 5.17. The Kier molecular flexibility index (Phi) is 5.85. The largest absolute Gasteiger partial charge is 0.509 e. The van der Waals surface area contributed by atoms with E-state index in [1.54, 1.807) is 18.6 Å². The van der Waals surface area contributed by atoms with Crippen molar-refractivity contribution < 1.29 is 25.8 Å². The van der Waals surface area contributed by atoms with Crippen molar-refractivity contribution in [2.24, 2.45) is 0 Å². The number of aromatic nitrogens is 4. The Morgan fingerprint density at radius 3 is 2.41 bits per heavy atom. The Hall–Kier alpha value is -4.22. The van der Waals surface area contributed by atoms with Crippen LogP contribution in [0.4, 0.5) is 17.3 Å². The molecular formula is C29H19N6OPt-3. The number of hydrogen-bond acceptors (Lipinski definition) is 6. The maximum Gasteiger partial charge on any atom is 0.143 e. The van der Waals surface area contributed by atoms with Crippen molar-refractivity contribution in [2.75, 3.05) is 16.8 Å². The first-order valence-corrected chi connectivity index (χ1v) is 11.5. The molecular weight excluding hydrogens is 643 g/mol. The van der Waals surface area contributed by atoms with E-state index in [0.29, 0.717) is 11.5 Å². The summed E-state index contributed by atoms with van der Waals surface area (Å²) in [5.74, 6) is 3.55. The van der Waals surface area contributed by atoms with Crippen molar-refractivity contribution in [3.8, 4) is 17.3 Å². The van der Waals surface area contributed by atoms with Gasteiger partial charge in [0.2, 0.25) is 0 Å². The molecule has 0 unspecified atom stereocenters. The maximum atomic E-state index is 6.25. The van der Waals surface area contributed by atoms with Crippen LogP contribution in [0, 0.1) is 18.8 Å². The summed E-state index contributed by atoms with van der Waals surface area (Å²) < 4.78 is 8.37. The van der Waals surface area contributed by atoms with Crippen LogP contribution >= 0.6 is 0 Å². The van der Waals surface area contributed by atoms with E-state index < -0.39 is 0 Å². The Morgan fingerprint density at radius 1 is 0.730 bits per heavy atom. The zero-order valence-electron chi connectivity index (χ0n) is 19.6. The molecule has 0 radical (unpaired) electrons. The Bertz CT molecular complexity index is 1740. The topological polar surface area (TPSA) is 59.3 Å². The van der Waals surface area contributed by atoms with Crippen LogP contribution in [0.5, 0.6) is 11.5 Å². The number of nitrogens with zero attached hydrogens (tertiary/aromatic N) is 6. The van der Waals surface area contributed by atoms with Crippen molar-refractivity contribution in [3.05, 3.63) is 110 Å². The van der Waals surface area contributed by atoms with Crippen LogP contribution in [-0.4, -0.2) is 26.6 Å². The SMILES string of the molecule is CN1[CH-]N(c2[c-]c(Oc3[c-]c4c(cc3)c3ccccc3n4-c3ccccn3)ccc2)c2nccnc21.[Pt]. The quantitative estimate of drug-likeness (QED) is 0.214. The van der Waals surface area contributed by atoms with E-state index in [-0.39, 0.29) is 21.1 Å². The Labute approximate surface area is 228 Å². The van der Waals surface area contributed by atoms with Gasteiger partial charge in [0.25, 0.3) is 0 Å². The number of hydrogen-bond donors (Lipinski definition) is 0. The smallest absolute Gasteiger partial charge is 0.143 e. The molecule has 3 aromatic heterocycles. The fourth-order valence-electron chi connectivity index (χ4n) is 4.61. The Balaban J connectivity index is 0.00000252. The van der Waals surface area contributed by atoms with Gasteiger partial charge in [-0.2, -0.15) is 12.1 Å². The molecule has 4 heterocycles. The molecule has 0 bridgehead atoms. The first-order chi connectivity index (χ1) is 17.8. The molecule has 7 rings (SSSR count). The molecule has 0 saturated carbocycles. The van der Waals surface area contributed by atoms with Crippen LogP contribution in [0.2, 0.25) is 0 Å². The van der Waals surface area contributed by atoms with E-state index in [9.17, 15) is 0 Å². The Morgan fingerprint density at radius 2 is 1.54 bits per heavy atom. The number of para-hydroxylation sites is 1. The van der Waals surface area contributed by atoms with Gasteiger partial charge in [0.15, 0.2) is 0 Å². The van der Waals surface area contributed by atoms with Crippen molar-refractivity contribution in [3.63, 3.8) is 0 Å². The molecule has 1 aliphatic heterocycles. The third-order valence-corrected chi connectivity index (χ3v) is 6.18. The van der Waals surface area contributed by atoms with E-state index in [2.05, 4.69) is 49.9 Å². The summed E-state index contributed by atoms with van der Waals surface area (Å²) in [5.41, 5.74) is 2.78. The van der Waals surface area contributed by atoms with E-state index in [1.807, 2.05) is 78.1 Å². The van der Waals surface area contributed by atoms with Crippen molar-refractivity contribution >= 4 is 39.1 Å². The molecule has 37 heavy (non-hydrogen) atoms. The minimum Gasteiger partial charge on any atom is -0.509 e. The first kappa shape index (κ1) is 23.2. The molecule has 0 saturated heterocycles. The van der Waals surface area contributed by atoms with Crippen LogP contribution < -0.4 is 14.5 Å². The number of anilines is 3. The van der Waals surface area contributed by atoms with Gasteiger partial charge in [-0.3, -0.25) is 0 Å². The minimum absolute atomic E-state index is 0. The van der Waals surface area contributed by atoms with Gasteiger partial charge in [0.1, 0.15) is 17.5 Å². The zero-order chi connectivity index (χ0) is 24.1. The fourth-order valence-corrected chi connectivity index (χ4v) is 4.61. The first-order valence-electron chi connectivity index (χ1n) is 11.5. The number of rotatable bonds is 4. The third-order valence-electron chi connectivity index (χ3n) is 6.18. The predicted molar refractivity (Wildman–Crippen MR) is 140 cm³/mol. The molecule has 8 heteroatoms. The molecule has 0 spiro atoms. The molecule has 0 N–H and O–H groups in total. The number of fused-ring (bicyclic) bond motifs is 4. The van der Waals surface area contributed by atoms with Crippen molar-refractivity contribution in [1.82, 2.24) is 19.5 Å². The van der Waals surface area contributed by atoms with Crippen molar-refractivity contribution in [1.29, 1.82) is 0 Å². The van der Waals surface area contributed by atoms with E-state index in [4.69, 9.17) is 4.74 Å². The monoisotopic (exact) mass is 662 g/mol. The van der Waals surface area contributed by atoms with E-state index >= 15 is 0 Å². The van der Waals surface area contributed by atoms with Crippen LogP contribution in [0.3, 0.4) is 0 Å². The van der Waals surface area contributed by atoms with Gasteiger partial charge in [0, 0.05) is 56.7 Å². The molecule has 6 aromatic rings. The van der Waals surface area contributed by atoms with Crippen LogP contribution in [0.1, 0.15) is 0 Å². The second kappa shape index (κ2) is 9.34. The summed E-state index contributed by atoms with van der Waals surface area (Å²) in [6.45, 7) is 1.93. The average Bonchev–Trinajstić information content (AvgIpc) is 3.44. The molecule has 1 aliphatic rings. The van der Waals surface area contributed by atoms with Crippen LogP contribution in [0.25, 0.3) is 27.6 Å². The molecule has 7 nitrogen and oxygen atoms in total. The van der Waals surface area contributed by atoms with Crippen LogP contribution in [-0.2, 0) is 21.1 Å². The summed E-state index contributed by atoms with van der Waals surface area (Å²) >= 11 is 0. The average molecular weight is 663 g/mol. The number of pyridine rings is 1. The molecule has 0 amide bonds. The number of benzene rings is 3. The molecule has 0 fully saturated rings. The molecule has 3 aromatic carbocycles. The predicted octanol–water partition coefficient (Wildman–Crippen LogP) is 6.07. The zero-order valence-corrected chi connectivity index (χ0v) is 21.9. The molecule has 184 valence electrons. The second-order valence-electron chi connectivity index (χ2n) is 8.43. The third kappa shape index (κ3) is 3.92. The minimum atomic E-state index is 0. The fraction of sp³-hybridized carbons (Fsp3) is 0.0345. The van der Waals surface area contributed by atoms with E-state index in [0.717, 1.165) is 44.9 Å². The molecule has 0 atom stereocenters. The second-order valence-corrected chi connectivity index (χ2v) is 8.43. The van der Waals surface area contributed by atoms with Crippen LogP contribution in [0.15, 0.2) is 91.4 Å². The van der Waals surface area contributed by atoms with Gasteiger partial charge in [0.05, 0.1) is 0 Å². The summed E-state index contributed by atoms with van der Waals surface area (Å²) in [6, 6.07) is 30.8. The van der Waals surface area contributed by atoms with Gasteiger partial charge in [-0.15, -0.1) is 42.4 Å².